The first kappa shape index (κ1) is 27.0. The number of imide groups is 1. The summed E-state index contributed by atoms with van der Waals surface area (Å²) < 4.78 is 5.84. The average Bonchev–Trinajstić information content (AvgIpc) is 3.60. The molecular formula is C32H35N5O5. The lowest BCUT2D eigenvalue weighted by Gasteiger charge is -2.50. The Morgan fingerprint density at radius 3 is 2.55 bits per heavy atom. The van der Waals surface area contributed by atoms with Crippen LogP contribution in [0.15, 0.2) is 46.9 Å². The first-order valence-corrected chi connectivity index (χ1v) is 14.8. The smallest absolute Gasteiger partial charge is 0.255 e. The zero-order valence-corrected chi connectivity index (χ0v) is 23.9. The predicted octanol–water partition coefficient (Wildman–Crippen LogP) is 3.49. The molecule has 2 atom stereocenters. The summed E-state index contributed by atoms with van der Waals surface area (Å²) in [7, 11) is 0. The van der Waals surface area contributed by atoms with Crippen molar-refractivity contribution in [2.75, 3.05) is 13.1 Å². The van der Waals surface area contributed by atoms with Gasteiger partial charge in [0, 0.05) is 55.1 Å². The summed E-state index contributed by atoms with van der Waals surface area (Å²) in [6.07, 6.45) is 3.34. The van der Waals surface area contributed by atoms with E-state index in [2.05, 4.69) is 46.4 Å². The van der Waals surface area contributed by atoms with Crippen LogP contribution in [0.2, 0.25) is 0 Å². The lowest BCUT2D eigenvalue weighted by Crippen LogP contribution is -2.55. The Morgan fingerprint density at radius 1 is 1.05 bits per heavy atom. The van der Waals surface area contributed by atoms with Gasteiger partial charge in [-0.3, -0.25) is 24.6 Å². The van der Waals surface area contributed by atoms with Crippen LogP contribution >= 0.6 is 0 Å². The van der Waals surface area contributed by atoms with Crippen LogP contribution in [0.5, 0.6) is 0 Å². The van der Waals surface area contributed by atoms with Crippen LogP contribution in [-0.4, -0.2) is 62.0 Å². The number of nitrogens with one attached hydrogen (secondary N) is 1. The Balaban J connectivity index is 1.03. The van der Waals surface area contributed by atoms with Crippen LogP contribution in [0.25, 0.3) is 11.5 Å². The van der Waals surface area contributed by atoms with E-state index < -0.39 is 23.0 Å². The number of hydrogen-bond donors (Lipinski definition) is 2. The Morgan fingerprint density at radius 2 is 1.83 bits per heavy atom. The van der Waals surface area contributed by atoms with Crippen molar-refractivity contribution in [1.82, 2.24) is 25.3 Å². The van der Waals surface area contributed by atoms with E-state index in [9.17, 15) is 19.5 Å². The van der Waals surface area contributed by atoms with Crippen LogP contribution in [-0.2, 0) is 28.3 Å². The largest absolute Gasteiger partial charge is 0.420 e. The number of piperidine rings is 2. The minimum Gasteiger partial charge on any atom is -0.420 e. The number of amides is 3. The number of likely N-dealkylation sites (tertiary alicyclic amines) is 1. The summed E-state index contributed by atoms with van der Waals surface area (Å²) in [5, 5.41) is 22.8. The minimum atomic E-state index is -1.08. The Bertz CT molecular complexity index is 1580. The van der Waals surface area contributed by atoms with Gasteiger partial charge in [-0.25, -0.2) is 0 Å². The summed E-state index contributed by atoms with van der Waals surface area (Å²) in [4.78, 5) is 41.1. The number of carbonyl (C=O) groups is 3. The van der Waals surface area contributed by atoms with Crippen molar-refractivity contribution in [3.63, 3.8) is 0 Å². The zero-order chi connectivity index (χ0) is 29.2. The van der Waals surface area contributed by atoms with Crippen molar-refractivity contribution in [2.24, 2.45) is 5.41 Å². The number of fused-ring (bicyclic) bond motifs is 1. The van der Waals surface area contributed by atoms with Crippen LogP contribution in [0.3, 0.4) is 0 Å². The second-order valence-electron chi connectivity index (χ2n) is 12.9. The lowest BCUT2D eigenvalue weighted by atomic mass is 9.66. The normalized spacial score (nSPS) is 25.9. The Kier molecular flexibility index (Phi) is 6.32. The van der Waals surface area contributed by atoms with Gasteiger partial charge in [0.1, 0.15) is 6.04 Å². The molecule has 1 aliphatic carbocycles. The van der Waals surface area contributed by atoms with Crippen molar-refractivity contribution in [3.8, 4) is 11.5 Å². The molecule has 0 radical (unpaired) electrons. The van der Waals surface area contributed by atoms with E-state index in [0.717, 1.165) is 42.0 Å². The molecule has 42 heavy (non-hydrogen) atoms. The van der Waals surface area contributed by atoms with Crippen LogP contribution < -0.4 is 5.32 Å². The van der Waals surface area contributed by atoms with Crippen LogP contribution in [0.1, 0.15) is 84.8 Å². The zero-order valence-electron chi connectivity index (χ0n) is 23.9. The maximum Gasteiger partial charge on any atom is 0.255 e. The second-order valence-corrected chi connectivity index (χ2v) is 12.9. The van der Waals surface area contributed by atoms with E-state index in [4.69, 9.17) is 4.42 Å². The van der Waals surface area contributed by atoms with E-state index >= 15 is 0 Å². The minimum absolute atomic E-state index is 0.208. The molecule has 0 spiro atoms. The molecule has 2 N–H and O–H groups in total. The molecule has 1 saturated carbocycles. The molecule has 4 heterocycles. The van der Waals surface area contributed by atoms with Crippen LogP contribution in [0.4, 0.5) is 0 Å². The molecule has 4 aliphatic rings. The molecule has 218 valence electrons. The van der Waals surface area contributed by atoms with E-state index in [1.165, 1.54) is 5.56 Å². The van der Waals surface area contributed by atoms with E-state index in [1.54, 1.807) is 11.0 Å². The fraction of sp³-hybridized carbons (Fsp3) is 0.469. The molecule has 10 nitrogen and oxygen atoms in total. The van der Waals surface area contributed by atoms with Gasteiger partial charge >= 0.3 is 0 Å². The number of rotatable bonds is 6. The average molecular weight is 570 g/mol. The summed E-state index contributed by atoms with van der Waals surface area (Å²) in [6, 6.07) is 13.1. The fourth-order valence-corrected chi connectivity index (χ4v) is 6.79. The SMILES string of the molecule is CC1(C)CN(Cc2ccc(-c3nnc(C4CC4)o3)cc2)CCC1(O)c1ccc2c(c1)CN(C1CCC(=O)NC1=O)C2=O. The standard InChI is InChI=1S/C32H35N5O5/c1-31(2)18-36(16-19-3-5-20(6-4-19)28-34-35-29(42-28)21-7-8-21)14-13-32(31,41)23-9-10-24-22(15-23)17-37(30(24)40)25-11-12-26(38)33-27(25)39/h3-6,9-10,15,21,25,41H,7-8,11-14,16-18H2,1-2H3,(H,33,38,39). The van der Waals surface area contributed by atoms with Gasteiger partial charge in [-0.1, -0.05) is 38.1 Å². The highest BCUT2D eigenvalue weighted by atomic mass is 16.4. The van der Waals surface area contributed by atoms with Crippen molar-refractivity contribution in [3.05, 3.63) is 70.6 Å². The maximum absolute atomic E-state index is 13.1. The first-order chi connectivity index (χ1) is 20.1. The van der Waals surface area contributed by atoms with Gasteiger partial charge in [0.2, 0.25) is 23.6 Å². The van der Waals surface area contributed by atoms with E-state index in [1.807, 2.05) is 24.3 Å². The van der Waals surface area contributed by atoms with Crippen molar-refractivity contribution in [2.45, 2.75) is 76.6 Å². The van der Waals surface area contributed by atoms with Crippen molar-refractivity contribution >= 4 is 17.7 Å². The van der Waals surface area contributed by atoms with Gasteiger partial charge in [-0.05, 0) is 60.6 Å². The molecular weight excluding hydrogens is 534 g/mol. The van der Waals surface area contributed by atoms with Gasteiger partial charge in [0.05, 0.1) is 5.60 Å². The fourth-order valence-electron chi connectivity index (χ4n) is 6.79. The first-order valence-electron chi connectivity index (χ1n) is 14.8. The summed E-state index contributed by atoms with van der Waals surface area (Å²) in [5.41, 5.74) is 2.69. The van der Waals surface area contributed by atoms with Gasteiger partial charge in [-0.2, -0.15) is 0 Å². The third-order valence-electron chi connectivity index (χ3n) is 9.50. The summed E-state index contributed by atoms with van der Waals surface area (Å²) in [6.45, 7) is 6.63. The lowest BCUT2D eigenvalue weighted by molar-refractivity contribution is -0.136. The Hall–Kier alpha value is -3.89. The molecule has 1 aromatic heterocycles. The molecule has 3 fully saturated rings. The van der Waals surface area contributed by atoms with Crippen molar-refractivity contribution in [1.29, 1.82) is 0 Å². The van der Waals surface area contributed by atoms with Gasteiger partial charge in [0.25, 0.3) is 5.91 Å². The molecule has 3 amide bonds. The number of nitrogens with zero attached hydrogens (tertiary/aromatic N) is 4. The number of hydrogen-bond acceptors (Lipinski definition) is 8. The predicted molar refractivity (Wildman–Crippen MR) is 152 cm³/mol. The third-order valence-corrected chi connectivity index (χ3v) is 9.50. The molecule has 2 saturated heterocycles. The molecule has 0 bridgehead atoms. The second kappa shape index (κ2) is 9.84. The molecule has 2 aromatic carbocycles. The number of aromatic nitrogens is 2. The monoisotopic (exact) mass is 569 g/mol. The molecule has 2 unspecified atom stereocenters. The molecule has 3 aliphatic heterocycles. The quantitative estimate of drug-likeness (QED) is 0.432. The molecule has 7 rings (SSSR count). The summed E-state index contributed by atoms with van der Waals surface area (Å²) in [5.74, 6) is 0.787. The van der Waals surface area contributed by atoms with Crippen LogP contribution in [0, 0.1) is 5.41 Å². The topological polar surface area (TPSA) is 129 Å². The maximum atomic E-state index is 13.1. The van der Waals surface area contributed by atoms with Gasteiger partial charge in [0.15, 0.2) is 0 Å². The highest BCUT2D eigenvalue weighted by molar-refractivity contribution is 6.05. The number of carbonyl (C=O) groups excluding carboxylic acids is 3. The molecule has 10 heteroatoms. The number of aliphatic hydroxyl groups is 1. The van der Waals surface area contributed by atoms with E-state index in [0.29, 0.717) is 49.8 Å². The molecule has 3 aromatic rings. The highest BCUT2D eigenvalue weighted by Gasteiger charge is 2.49. The summed E-state index contributed by atoms with van der Waals surface area (Å²) >= 11 is 0. The Labute approximate surface area is 244 Å². The van der Waals surface area contributed by atoms with Gasteiger partial charge in [-0.15, -0.1) is 10.2 Å². The number of benzene rings is 2. The highest BCUT2D eigenvalue weighted by Crippen LogP contribution is 2.47. The van der Waals surface area contributed by atoms with Gasteiger partial charge < -0.3 is 14.4 Å². The van der Waals surface area contributed by atoms with E-state index in [-0.39, 0.29) is 18.2 Å². The third kappa shape index (κ3) is 4.62. The van der Waals surface area contributed by atoms with Crippen molar-refractivity contribution < 1.29 is 23.9 Å².